The Morgan fingerprint density at radius 1 is 0.250 bits per heavy atom. The molecule has 0 radical (unpaired) electrons. The first-order valence-corrected chi connectivity index (χ1v) is 12.1. The van der Waals surface area contributed by atoms with Crippen molar-refractivity contribution in [1.82, 2.24) is 0 Å². The summed E-state index contributed by atoms with van der Waals surface area (Å²) in [5.74, 6) is 0. The van der Waals surface area contributed by atoms with Gasteiger partial charge >= 0.3 is 0 Å². The van der Waals surface area contributed by atoms with Crippen LogP contribution in [-0.2, 0) is 0 Å². The molecule has 0 aromatic heterocycles. The van der Waals surface area contributed by atoms with E-state index in [4.69, 9.17) is 0 Å². The molecule has 0 rings (SSSR count). The number of rotatable bonds is 17. The second-order valence-corrected chi connectivity index (χ2v) is 8.19. The molecule has 0 N–H and O–H groups in total. The molecule has 0 fully saturated rings. The monoisotopic (exact) mass is 506 g/mol. The molecule has 122 valence electrons. The molecule has 0 aliphatic carbocycles. The number of unbranched alkanes of at least 4 members (excludes halogenated alkanes) is 15. The smallest absolute Gasteiger partial charge is 0.000473 e. The van der Waals surface area contributed by atoms with Crippen molar-refractivity contribution in [3.05, 3.63) is 0 Å². The highest BCUT2D eigenvalue weighted by atomic mass is 127. The summed E-state index contributed by atoms with van der Waals surface area (Å²) in [4.78, 5) is 0. The van der Waals surface area contributed by atoms with Gasteiger partial charge in [-0.25, -0.2) is 0 Å². The molecule has 0 aromatic rings. The van der Waals surface area contributed by atoms with Gasteiger partial charge in [0.15, 0.2) is 0 Å². The minimum Gasteiger partial charge on any atom is -0.0864 e. The molecule has 0 nitrogen and oxygen atoms in total. The second kappa shape index (κ2) is 20.5. The highest BCUT2D eigenvalue weighted by Crippen LogP contribution is 2.14. The first-order chi connectivity index (χ1) is 9.91. The van der Waals surface area contributed by atoms with Gasteiger partial charge < -0.3 is 0 Å². The summed E-state index contributed by atoms with van der Waals surface area (Å²) in [6.07, 6.45) is 23.6. The fraction of sp³-hybridized carbons (Fsp3) is 1.00. The maximum Gasteiger partial charge on any atom is -0.000473 e. The predicted octanol–water partition coefficient (Wildman–Crippen LogP) is 8.10. The van der Waals surface area contributed by atoms with Crippen molar-refractivity contribution in [2.24, 2.45) is 0 Å². The van der Waals surface area contributed by atoms with E-state index in [-0.39, 0.29) is 0 Å². The Hall–Kier alpha value is 1.46. The van der Waals surface area contributed by atoms with Gasteiger partial charge in [0.05, 0.1) is 0 Å². The van der Waals surface area contributed by atoms with E-state index < -0.39 is 0 Å². The minimum absolute atomic E-state index is 1.34. The summed E-state index contributed by atoms with van der Waals surface area (Å²) in [7, 11) is 0. The summed E-state index contributed by atoms with van der Waals surface area (Å²) >= 11 is 4.98. The summed E-state index contributed by atoms with van der Waals surface area (Å²) in [5, 5.41) is 0. The second-order valence-electron chi connectivity index (χ2n) is 6.03. The van der Waals surface area contributed by atoms with Gasteiger partial charge in [0.2, 0.25) is 0 Å². The summed E-state index contributed by atoms with van der Waals surface area (Å²) in [5.41, 5.74) is 0. The first-order valence-electron chi connectivity index (χ1n) is 9.03. The Morgan fingerprint density at radius 3 is 0.550 bits per heavy atom. The van der Waals surface area contributed by atoms with Crippen LogP contribution in [0, 0.1) is 0 Å². The summed E-state index contributed by atoms with van der Waals surface area (Å²) in [6, 6.07) is 0. The van der Waals surface area contributed by atoms with Gasteiger partial charge in [-0.1, -0.05) is 135 Å². The van der Waals surface area contributed by atoms with Gasteiger partial charge in [0.25, 0.3) is 0 Å². The van der Waals surface area contributed by atoms with Gasteiger partial charge in [0, 0.05) is 0 Å². The molecule has 0 saturated heterocycles. The van der Waals surface area contributed by atoms with E-state index in [1.165, 1.54) is 112 Å². The SMILES string of the molecule is ICCCCCCCCCCCCCCCCCCI. The topological polar surface area (TPSA) is 0 Å². The number of hydrogen-bond donors (Lipinski definition) is 0. The molecular weight excluding hydrogens is 470 g/mol. The van der Waals surface area contributed by atoms with Crippen molar-refractivity contribution in [3.63, 3.8) is 0 Å². The Balaban J connectivity index is 2.89. The third-order valence-electron chi connectivity index (χ3n) is 4.02. The van der Waals surface area contributed by atoms with Crippen molar-refractivity contribution in [2.75, 3.05) is 8.86 Å². The molecule has 0 bridgehead atoms. The highest BCUT2D eigenvalue weighted by Gasteiger charge is 1.94. The normalized spacial score (nSPS) is 11.1. The van der Waals surface area contributed by atoms with Crippen molar-refractivity contribution in [1.29, 1.82) is 0 Å². The maximum atomic E-state index is 2.49. The zero-order chi connectivity index (χ0) is 14.7. The van der Waals surface area contributed by atoms with Crippen LogP contribution in [0.25, 0.3) is 0 Å². The maximum absolute atomic E-state index is 2.49. The Morgan fingerprint density at radius 2 is 0.400 bits per heavy atom. The van der Waals surface area contributed by atoms with E-state index in [0.29, 0.717) is 0 Å². The molecule has 0 heterocycles. The van der Waals surface area contributed by atoms with Crippen molar-refractivity contribution in [3.8, 4) is 0 Å². The van der Waals surface area contributed by atoms with E-state index in [1.807, 2.05) is 0 Å². The van der Waals surface area contributed by atoms with Crippen LogP contribution in [0.3, 0.4) is 0 Å². The molecular formula is C18H36I2. The molecule has 0 aliphatic heterocycles. The minimum atomic E-state index is 1.34. The lowest BCUT2D eigenvalue weighted by molar-refractivity contribution is 0.532. The predicted molar refractivity (Wildman–Crippen MR) is 112 cm³/mol. The lowest BCUT2D eigenvalue weighted by Gasteiger charge is -2.03. The zero-order valence-electron chi connectivity index (χ0n) is 13.5. The van der Waals surface area contributed by atoms with Crippen LogP contribution in [0.4, 0.5) is 0 Å². The van der Waals surface area contributed by atoms with Crippen LogP contribution in [0.5, 0.6) is 0 Å². The number of halogens is 2. The molecule has 0 aromatic carbocycles. The van der Waals surface area contributed by atoms with E-state index in [0.717, 1.165) is 0 Å². The molecule has 0 spiro atoms. The standard InChI is InChI=1S/C18H36I2/c19-17-15-13-11-9-7-5-3-1-2-4-6-8-10-12-14-16-18-20/h1-18H2. The molecule has 0 unspecified atom stereocenters. The molecule has 0 saturated carbocycles. The Labute approximate surface area is 155 Å². The van der Waals surface area contributed by atoms with Crippen LogP contribution in [-0.4, -0.2) is 8.86 Å². The molecule has 20 heavy (non-hydrogen) atoms. The van der Waals surface area contributed by atoms with E-state index in [9.17, 15) is 0 Å². The van der Waals surface area contributed by atoms with Crippen LogP contribution >= 0.6 is 45.2 Å². The van der Waals surface area contributed by atoms with Crippen LogP contribution in [0.15, 0.2) is 0 Å². The van der Waals surface area contributed by atoms with Gasteiger partial charge in [-0.3, -0.25) is 0 Å². The lowest BCUT2D eigenvalue weighted by atomic mass is 10.0. The molecule has 0 aliphatic rings. The van der Waals surface area contributed by atoms with E-state index in [1.54, 1.807) is 0 Å². The van der Waals surface area contributed by atoms with Crippen molar-refractivity contribution < 1.29 is 0 Å². The van der Waals surface area contributed by atoms with Crippen LogP contribution in [0.2, 0.25) is 0 Å². The fourth-order valence-electron chi connectivity index (χ4n) is 2.66. The summed E-state index contributed by atoms with van der Waals surface area (Å²) in [6.45, 7) is 0. The molecule has 0 atom stereocenters. The molecule has 0 amide bonds. The quantitative estimate of drug-likeness (QED) is 0.106. The Kier molecular flexibility index (Phi) is 22.0. The third-order valence-corrected chi connectivity index (χ3v) is 5.54. The van der Waals surface area contributed by atoms with E-state index >= 15 is 0 Å². The van der Waals surface area contributed by atoms with Gasteiger partial charge in [0.1, 0.15) is 0 Å². The van der Waals surface area contributed by atoms with Gasteiger partial charge in [-0.05, 0) is 21.7 Å². The number of alkyl halides is 2. The number of hydrogen-bond acceptors (Lipinski definition) is 0. The van der Waals surface area contributed by atoms with Crippen LogP contribution < -0.4 is 0 Å². The third kappa shape index (κ3) is 19.5. The van der Waals surface area contributed by atoms with Gasteiger partial charge in [-0.15, -0.1) is 0 Å². The van der Waals surface area contributed by atoms with Gasteiger partial charge in [-0.2, -0.15) is 0 Å². The Bertz CT molecular complexity index is 141. The average molecular weight is 506 g/mol. The average Bonchev–Trinajstić information content (AvgIpc) is 2.47. The largest absolute Gasteiger partial charge is 0.0864 e. The van der Waals surface area contributed by atoms with Crippen LogP contribution in [0.1, 0.15) is 103 Å². The van der Waals surface area contributed by atoms with E-state index in [2.05, 4.69) is 45.2 Å². The highest BCUT2D eigenvalue weighted by molar-refractivity contribution is 14.1. The zero-order valence-corrected chi connectivity index (χ0v) is 17.8. The molecule has 2 heteroatoms. The summed E-state index contributed by atoms with van der Waals surface area (Å²) < 4.78 is 2.69. The fourth-order valence-corrected chi connectivity index (χ4v) is 3.74. The first kappa shape index (κ1) is 21.5. The lowest BCUT2D eigenvalue weighted by Crippen LogP contribution is -1.84. The van der Waals surface area contributed by atoms with Crippen molar-refractivity contribution >= 4 is 45.2 Å². The van der Waals surface area contributed by atoms with Crippen molar-refractivity contribution in [2.45, 2.75) is 103 Å².